The molecule has 0 bridgehead atoms. The van der Waals surface area contributed by atoms with E-state index in [0.717, 1.165) is 107 Å². The van der Waals surface area contributed by atoms with Crippen molar-refractivity contribution in [3.05, 3.63) is 90.0 Å². The minimum atomic E-state index is -0.435. The molecule has 1 atom stereocenters. The number of benzene rings is 3. The van der Waals surface area contributed by atoms with Gasteiger partial charge in [-0.1, -0.05) is 60.7 Å². The number of ether oxygens (including phenoxy) is 1. The monoisotopic (exact) mass is 681 g/mol. The summed E-state index contributed by atoms with van der Waals surface area (Å²) in [6.07, 6.45) is 3.90. The van der Waals surface area contributed by atoms with E-state index in [9.17, 15) is 19.5 Å². The molecule has 3 aromatic rings. The average molecular weight is 682 g/mol. The van der Waals surface area contributed by atoms with Gasteiger partial charge in [0.2, 0.25) is 5.91 Å². The Morgan fingerprint density at radius 3 is 2.22 bits per heavy atom. The van der Waals surface area contributed by atoms with Crippen LogP contribution in [0.5, 0.6) is 0 Å². The molecule has 1 unspecified atom stereocenters. The van der Waals surface area contributed by atoms with E-state index in [1.165, 1.54) is 0 Å². The van der Waals surface area contributed by atoms with Crippen molar-refractivity contribution < 1.29 is 24.2 Å². The lowest BCUT2D eigenvalue weighted by Gasteiger charge is -2.36. The number of para-hydroxylation sites is 1. The first-order valence-corrected chi connectivity index (χ1v) is 18.2. The molecule has 3 aliphatic rings. The van der Waals surface area contributed by atoms with Gasteiger partial charge >= 0.3 is 6.09 Å². The number of rotatable bonds is 10. The van der Waals surface area contributed by atoms with Crippen molar-refractivity contribution >= 4 is 23.6 Å². The van der Waals surface area contributed by atoms with Crippen LogP contribution in [-0.2, 0) is 16.1 Å². The lowest BCUT2D eigenvalue weighted by molar-refractivity contribution is -0.140. The molecule has 10 heteroatoms. The number of piperidine rings is 3. The summed E-state index contributed by atoms with van der Waals surface area (Å²) in [7, 11) is 1.85. The van der Waals surface area contributed by atoms with Crippen LogP contribution in [0.3, 0.4) is 0 Å². The van der Waals surface area contributed by atoms with Crippen LogP contribution in [0, 0.1) is 5.92 Å². The highest BCUT2D eigenvalue weighted by Gasteiger charge is 2.31. The zero-order valence-corrected chi connectivity index (χ0v) is 29.2. The number of amides is 3. The highest BCUT2D eigenvalue weighted by atomic mass is 16.6. The van der Waals surface area contributed by atoms with Crippen molar-refractivity contribution in [1.29, 1.82) is 0 Å². The highest BCUT2D eigenvalue weighted by Crippen LogP contribution is 2.28. The molecule has 3 heterocycles. The van der Waals surface area contributed by atoms with Gasteiger partial charge in [0.05, 0.1) is 11.8 Å². The van der Waals surface area contributed by atoms with Gasteiger partial charge in [-0.3, -0.25) is 19.8 Å². The molecule has 0 saturated carbocycles. The maximum atomic E-state index is 13.2. The Morgan fingerprint density at radius 2 is 1.50 bits per heavy atom. The first-order valence-electron chi connectivity index (χ1n) is 18.2. The highest BCUT2D eigenvalue weighted by molar-refractivity contribution is 5.94. The molecule has 2 N–H and O–H groups in total. The fourth-order valence-electron chi connectivity index (χ4n) is 7.38. The van der Waals surface area contributed by atoms with E-state index < -0.39 is 6.09 Å². The quantitative estimate of drug-likeness (QED) is 0.298. The van der Waals surface area contributed by atoms with Gasteiger partial charge in [-0.05, 0) is 80.9 Å². The minimum absolute atomic E-state index is 0.00406. The molecule has 3 aliphatic heterocycles. The Labute approximate surface area is 296 Å². The molecule has 3 fully saturated rings. The Morgan fingerprint density at radius 1 is 0.820 bits per heavy atom. The second-order valence-electron chi connectivity index (χ2n) is 14.0. The van der Waals surface area contributed by atoms with Crippen LogP contribution in [0.1, 0.15) is 54.4 Å². The zero-order valence-electron chi connectivity index (χ0n) is 29.2. The van der Waals surface area contributed by atoms with Crippen molar-refractivity contribution in [2.24, 2.45) is 5.92 Å². The summed E-state index contributed by atoms with van der Waals surface area (Å²) in [5.41, 5.74) is 4.55. The lowest BCUT2D eigenvalue weighted by Crippen LogP contribution is -2.47. The number of aliphatic hydroxyl groups excluding tert-OH is 1. The van der Waals surface area contributed by atoms with Crippen LogP contribution in [-0.4, -0.2) is 114 Å². The van der Waals surface area contributed by atoms with E-state index in [2.05, 4.69) is 15.1 Å². The molecule has 50 heavy (non-hydrogen) atoms. The van der Waals surface area contributed by atoms with Crippen LogP contribution in [0.4, 0.5) is 10.5 Å². The second kappa shape index (κ2) is 17.1. The fourth-order valence-corrected chi connectivity index (χ4v) is 7.38. The third-order valence-corrected chi connectivity index (χ3v) is 10.4. The largest absolute Gasteiger partial charge is 0.446 e. The third kappa shape index (κ3) is 9.50. The number of nitrogens with one attached hydrogen (secondary N) is 1. The number of likely N-dealkylation sites (tertiary alicyclic amines) is 3. The van der Waals surface area contributed by atoms with E-state index in [0.29, 0.717) is 18.7 Å². The zero-order chi connectivity index (χ0) is 34.9. The van der Waals surface area contributed by atoms with Crippen LogP contribution in [0.25, 0.3) is 11.1 Å². The summed E-state index contributed by atoms with van der Waals surface area (Å²) in [6.45, 7) is 6.78. The van der Waals surface area contributed by atoms with Gasteiger partial charge in [0.1, 0.15) is 6.10 Å². The summed E-state index contributed by atoms with van der Waals surface area (Å²) in [6, 6.07) is 25.6. The molecule has 10 nitrogen and oxygen atoms in total. The van der Waals surface area contributed by atoms with Crippen molar-refractivity contribution in [3.8, 4) is 11.1 Å². The van der Waals surface area contributed by atoms with Gasteiger partial charge in [0.15, 0.2) is 0 Å². The van der Waals surface area contributed by atoms with Gasteiger partial charge in [-0.25, -0.2) is 4.79 Å². The summed E-state index contributed by atoms with van der Waals surface area (Å²) in [4.78, 5) is 47.2. The minimum Gasteiger partial charge on any atom is -0.446 e. The number of hydrogen-bond donors (Lipinski definition) is 2. The van der Waals surface area contributed by atoms with Crippen molar-refractivity contribution in [2.45, 2.75) is 57.3 Å². The SMILES string of the molecule is CN(CCN1CCC(OC(=O)Nc2ccccc2-c2ccccc2)CC1)C(=O)c1ccc(CN2CCC(C(=O)N3CCCC(O)C3)CC2)cc1. The molecule has 266 valence electrons. The van der Waals surface area contributed by atoms with Gasteiger partial charge < -0.3 is 24.5 Å². The molecular formula is C40H51N5O5. The van der Waals surface area contributed by atoms with E-state index >= 15 is 0 Å². The van der Waals surface area contributed by atoms with Gasteiger partial charge in [-0.2, -0.15) is 0 Å². The number of hydrogen-bond acceptors (Lipinski definition) is 7. The standard InChI is InChI=1S/C40H51N5O5/c1-42(26-27-43-24-19-35(20-25-43)50-40(49)41-37-12-6-5-11-36(37)31-8-3-2-4-9-31)38(47)32-15-13-30(14-16-32)28-44-22-17-33(18-23-44)39(48)45-21-7-10-34(46)29-45/h2-6,8-9,11-16,33-35,46H,7,10,17-29H2,1H3,(H,41,49). The van der Waals surface area contributed by atoms with Gasteiger partial charge in [0.25, 0.3) is 5.91 Å². The van der Waals surface area contributed by atoms with E-state index in [-0.39, 0.29) is 29.9 Å². The van der Waals surface area contributed by atoms with Crippen LogP contribution < -0.4 is 5.32 Å². The van der Waals surface area contributed by atoms with Crippen molar-refractivity contribution in [1.82, 2.24) is 19.6 Å². The summed E-state index contributed by atoms with van der Waals surface area (Å²) >= 11 is 0. The van der Waals surface area contributed by atoms with Crippen molar-refractivity contribution in [2.75, 3.05) is 64.7 Å². The van der Waals surface area contributed by atoms with E-state index in [1.54, 1.807) is 4.90 Å². The van der Waals surface area contributed by atoms with Gasteiger partial charge in [0, 0.05) is 69.9 Å². The smallest absolute Gasteiger partial charge is 0.411 e. The molecule has 0 radical (unpaired) electrons. The maximum Gasteiger partial charge on any atom is 0.411 e. The molecule has 0 spiro atoms. The maximum absolute atomic E-state index is 13.2. The Kier molecular flexibility index (Phi) is 12.2. The first-order chi connectivity index (χ1) is 24.3. The van der Waals surface area contributed by atoms with Crippen molar-refractivity contribution in [3.63, 3.8) is 0 Å². The Hall–Kier alpha value is -4.25. The normalized spacial score (nSPS) is 19.6. The molecule has 6 rings (SSSR count). The lowest BCUT2D eigenvalue weighted by atomic mass is 9.93. The topological polar surface area (TPSA) is 106 Å². The summed E-state index contributed by atoms with van der Waals surface area (Å²) in [5.74, 6) is 0.257. The molecule has 0 aromatic heterocycles. The first kappa shape index (κ1) is 35.6. The summed E-state index contributed by atoms with van der Waals surface area (Å²) < 4.78 is 5.79. The number of carbonyl (C=O) groups excluding carboxylic acids is 3. The average Bonchev–Trinajstić information content (AvgIpc) is 3.15. The molecule has 3 amide bonds. The molecule has 3 saturated heterocycles. The third-order valence-electron chi connectivity index (χ3n) is 10.4. The molecular weight excluding hydrogens is 630 g/mol. The van der Waals surface area contributed by atoms with Crippen LogP contribution in [0.15, 0.2) is 78.9 Å². The number of β-amino-alcohol motifs (C(OH)–C–C–N with tert-alkyl or cyclic N) is 1. The summed E-state index contributed by atoms with van der Waals surface area (Å²) in [5, 5.41) is 12.9. The van der Waals surface area contributed by atoms with E-state index in [1.807, 2.05) is 90.8 Å². The van der Waals surface area contributed by atoms with Gasteiger partial charge in [-0.15, -0.1) is 0 Å². The van der Waals surface area contributed by atoms with Crippen LogP contribution >= 0.6 is 0 Å². The predicted molar refractivity (Wildman–Crippen MR) is 195 cm³/mol. The Bertz CT molecular complexity index is 1570. The van der Waals surface area contributed by atoms with E-state index in [4.69, 9.17) is 4.74 Å². The van der Waals surface area contributed by atoms with Crippen LogP contribution in [0.2, 0.25) is 0 Å². The second-order valence-corrected chi connectivity index (χ2v) is 14.0. The molecule has 0 aliphatic carbocycles. The number of aliphatic hydroxyl groups is 1. The number of anilines is 1. The fraction of sp³-hybridized carbons (Fsp3) is 0.475. The Balaban J connectivity index is 0.881. The predicted octanol–water partition coefficient (Wildman–Crippen LogP) is 5.33. The molecule has 3 aromatic carbocycles. The number of likely N-dealkylation sites (N-methyl/N-ethyl adjacent to an activating group) is 1. The number of carbonyl (C=O) groups is 3. The number of nitrogens with zero attached hydrogens (tertiary/aromatic N) is 4.